The zero-order valence-corrected chi connectivity index (χ0v) is 22.5. The van der Waals surface area contributed by atoms with Gasteiger partial charge < -0.3 is 48.5 Å². The Bertz CT molecular complexity index is 995. The van der Waals surface area contributed by atoms with E-state index in [1.807, 2.05) is 13.8 Å². The van der Waals surface area contributed by atoms with Crippen molar-refractivity contribution < 1.29 is 34.5 Å². The van der Waals surface area contributed by atoms with Crippen LogP contribution < -0.4 is 33.2 Å². The number of carbonyl (C=O) groups is 4. The van der Waals surface area contributed by atoms with E-state index in [1.54, 1.807) is 0 Å². The van der Waals surface area contributed by atoms with E-state index in [9.17, 15) is 34.5 Å². The van der Waals surface area contributed by atoms with Crippen molar-refractivity contribution in [3.8, 4) is 5.75 Å². The minimum Gasteiger partial charge on any atom is -0.508 e. The number of carboxylic acids is 1. The maximum absolute atomic E-state index is 13.1. The van der Waals surface area contributed by atoms with E-state index in [0.717, 1.165) is 0 Å². The second-order valence-corrected chi connectivity index (χ2v) is 9.74. The summed E-state index contributed by atoms with van der Waals surface area (Å²) in [6, 6.07) is 0.902. The smallest absolute Gasteiger partial charge is 0.326 e. The summed E-state index contributed by atoms with van der Waals surface area (Å²) in [7, 11) is 0. The molecule has 0 saturated carbocycles. The zero-order chi connectivity index (χ0) is 29.7. The third-order valence-corrected chi connectivity index (χ3v) is 5.69. The zero-order valence-electron chi connectivity index (χ0n) is 22.5. The number of guanidine groups is 1. The molecule has 0 bridgehead atoms. The summed E-state index contributed by atoms with van der Waals surface area (Å²) < 4.78 is 0. The molecule has 0 radical (unpaired) electrons. The highest BCUT2D eigenvalue weighted by Gasteiger charge is 2.32. The van der Waals surface area contributed by atoms with Gasteiger partial charge >= 0.3 is 5.97 Å². The van der Waals surface area contributed by atoms with E-state index in [-0.39, 0.29) is 43.4 Å². The van der Waals surface area contributed by atoms with E-state index in [1.165, 1.54) is 31.2 Å². The first kappa shape index (κ1) is 33.1. The molecule has 0 aromatic heterocycles. The van der Waals surface area contributed by atoms with Crippen LogP contribution in [-0.4, -0.2) is 81.8 Å². The minimum absolute atomic E-state index is 0.00290. The predicted octanol–water partition coefficient (Wildman–Crippen LogP) is -1.72. The molecule has 0 spiro atoms. The van der Waals surface area contributed by atoms with Crippen molar-refractivity contribution in [2.45, 2.75) is 76.7 Å². The first-order chi connectivity index (χ1) is 18.2. The van der Waals surface area contributed by atoms with E-state index in [4.69, 9.17) is 17.2 Å². The lowest BCUT2D eigenvalue weighted by atomic mass is 10.0. The van der Waals surface area contributed by atoms with Crippen molar-refractivity contribution in [3.63, 3.8) is 0 Å². The number of aliphatic hydroxyl groups is 1. The van der Waals surface area contributed by atoms with Crippen LogP contribution in [-0.2, 0) is 25.6 Å². The topological polar surface area (TPSA) is 255 Å². The van der Waals surface area contributed by atoms with Crippen LogP contribution in [0.1, 0.15) is 45.6 Å². The number of aliphatic carboxylic acids is 1. The van der Waals surface area contributed by atoms with E-state index < -0.39 is 54.0 Å². The number of hydrogen-bond acceptors (Lipinski definition) is 8. The number of amides is 3. The summed E-state index contributed by atoms with van der Waals surface area (Å²) in [5.41, 5.74) is 17.1. The SMILES string of the molecule is CC(C)CC(N)C(=O)NC(C(=O)NC(CCCN=C(N)N)C(=O)NC(Cc1ccc(O)cc1)C(=O)O)C(C)O. The maximum atomic E-state index is 13.1. The molecule has 0 aliphatic heterocycles. The third kappa shape index (κ3) is 12.5. The molecule has 14 nitrogen and oxygen atoms in total. The highest BCUT2D eigenvalue weighted by atomic mass is 16.4. The van der Waals surface area contributed by atoms with Crippen LogP contribution in [0.5, 0.6) is 5.75 Å². The molecule has 3 amide bonds. The molecule has 14 heteroatoms. The molecule has 0 heterocycles. The first-order valence-electron chi connectivity index (χ1n) is 12.6. The van der Waals surface area contributed by atoms with Gasteiger partial charge in [0.15, 0.2) is 5.96 Å². The normalized spacial score (nSPS) is 14.8. The van der Waals surface area contributed by atoms with Gasteiger partial charge in [0.05, 0.1) is 12.1 Å². The molecule has 1 aromatic carbocycles. The average molecular weight is 552 g/mol. The lowest BCUT2D eigenvalue weighted by molar-refractivity contribution is -0.142. The fraction of sp³-hybridized carbons (Fsp3) is 0.560. The Kier molecular flexibility index (Phi) is 13.7. The van der Waals surface area contributed by atoms with E-state index >= 15 is 0 Å². The van der Waals surface area contributed by atoms with Gasteiger partial charge in [-0.2, -0.15) is 0 Å². The molecule has 218 valence electrons. The van der Waals surface area contributed by atoms with Gasteiger partial charge in [-0.25, -0.2) is 4.79 Å². The minimum atomic E-state index is -1.42. The van der Waals surface area contributed by atoms with E-state index in [0.29, 0.717) is 12.0 Å². The van der Waals surface area contributed by atoms with Crippen LogP contribution in [0.2, 0.25) is 0 Å². The highest BCUT2D eigenvalue weighted by molar-refractivity contribution is 5.94. The van der Waals surface area contributed by atoms with Crippen molar-refractivity contribution >= 4 is 29.7 Å². The molecule has 0 aliphatic carbocycles. The number of aliphatic imine (C=N–C) groups is 1. The second-order valence-electron chi connectivity index (χ2n) is 9.74. The number of aliphatic hydroxyl groups excluding tert-OH is 1. The lowest BCUT2D eigenvalue weighted by Crippen LogP contribution is -2.60. The number of carbonyl (C=O) groups excluding carboxylic acids is 3. The highest BCUT2D eigenvalue weighted by Crippen LogP contribution is 2.12. The van der Waals surface area contributed by atoms with Gasteiger partial charge in [-0.3, -0.25) is 19.4 Å². The van der Waals surface area contributed by atoms with Crippen molar-refractivity contribution in [1.82, 2.24) is 16.0 Å². The molecule has 0 fully saturated rings. The van der Waals surface area contributed by atoms with Gasteiger partial charge in [0.25, 0.3) is 0 Å². The van der Waals surface area contributed by atoms with Gasteiger partial charge in [-0.1, -0.05) is 26.0 Å². The number of hydrogen-bond donors (Lipinski definition) is 9. The molecule has 39 heavy (non-hydrogen) atoms. The third-order valence-electron chi connectivity index (χ3n) is 5.69. The van der Waals surface area contributed by atoms with Crippen molar-refractivity contribution in [3.05, 3.63) is 29.8 Å². The van der Waals surface area contributed by atoms with Crippen LogP contribution in [0.3, 0.4) is 0 Å². The molecule has 5 atom stereocenters. The van der Waals surface area contributed by atoms with Crippen molar-refractivity contribution in [1.29, 1.82) is 0 Å². The van der Waals surface area contributed by atoms with Crippen molar-refractivity contribution in [2.75, 3.05) is 6.54 Å². The average Bonchev–Trinajstić information content (AvgIpc) is 2.83. The van der Waals surface area contributed by atoms with Gasteiger partial charge in [0.1, 0.15) is 23.9 Å². The summed E-state index contributed by atoms with van der Waals surface area (Å²) in [6.45, 7) is 5.19. The number of phenolic OH excluding ortho intramolecular Hbond substituents is 1. The molecular formula is C25H41N7O7. The molecule has 1 aromatic rings. The number of aromatic hydroxyl groups is 1. The Balaban J connectivity index is 3.05. The molecule has 5 unspecified atom stereocenters. The van der Waals surface area contributed by atoms with Crippen LogP contribution in [0.25, 0.3) is 0 Å². The molecule has 0 saturated heterocycles. The number of benzene rings is 1. The van der Waals surface area contributed by atoms with Crippen LogP contribution in [0, 0.1) is 5.92 Å². The van der Waals surface area contributed by atoms with Crippen molar-refractivity contribution in [2.24, 2.45) is 28.1 Å². The Morgan fingerprint density at radius 3 is 2.03 bits per heavy atom. The summed E-state index contributed by atoms with van der Waals surface area (Å²) in [4.78, 5) is 54.3. The summed E-state index contributed by atoms with van der Waals surface area (Å²) in [6.07, 6.45) is -0.792. The standard InChI is InChI=1S/C25H41N7O7/c1-13(2)11-17(26)21(35)32-20(14(3)33)23(37)30-18(5-4-10-29-25(27)28)22(36)31-19(24(38)39)12-15-6-8-16(34)9-7-15/h6-9,13-14,17-20,33-34H,4-5,10-12,26H2,1-3H3,(H,30,37)(H,31,36)(H,32,35)(H,38,39)(H4,27,28,29). The van der Waals surface area contributed by atoms with E-state index in [2.05, 4.69) is 20.9 Å². The number of phenols is 1. The largest absolute Gasteiger partial charge is 0.508 e. The van der Waals surface area contributed by atoms with Gasteiger partial charge in [0, 0.05) is 13.0 Å². The lowest BCUT2D eigenvalue weighted by Gasteiger charge is -2.26. The fourth-order valence-electron chi connectivity index (χ4n) is 3.65. The monoisotopic (exact) mass is 551 g/mol. The maximum Gasteiger partial charge on any atom is 0.326 e. The Morgan fingerprint density at radius 2 is 1.51 bits per heavy atom. The molecule has 1 rings (SSSR count). The van der Waals surface area contributed by atoms with Gasteiger partial charge in [0.2, 0.25) is 17.7 Å². The summed E-state index contributed by atoms with van der Waals surface area (Å²) in [5.74, 6) is -3.65. The van der Waals surface area contributed by atoms with Crippen LogP contribution in [0.15, 0.2) is 29.3 Å². The Morgan fingerprint density at radius 1 is 0.923 bits per heavy atom. The van der Waals surface area contributed by atoms with Gasteiger partial charge in [-0.15, -0.1) is 0 Å². The van der Waals surface area contributed by atoms with Crippen LogP contribution >= 0.6 is 0 Å². The Labute approximate surface area is 227 Å². The number of rotatable bonds is 16. The fourth-order valence-corrected chi connectivity index (χ4v) is 3.65. The predicted molar refractivity (Wildman–Crippen MR) is 144 cm³/mol. The number of nitrogens with two attached hydrogens (primary N) is 3. The molecule has 0 aliphatic rings. The molecular weight excluding hydrogens is 510 g/mol. The Hall–Kier alpha value is -3.91. The number of carboxylic acid groups (broad SMARTS) is 1. The summed E-state index contributed by atoms with van der Waals surface area (Å²) in [5, 5.41) is 36.6. The van der Waals surface area contributed by atoms with Gasteiger partial charge in [-0.05, 0) is 49.8 Å². The number of nitrogens with zero attached hydrogens (tertiary/aromatic N) is 1. The van der Waals surface area contributed by atoms with Crippen LogP contribution in [0.4, 0.5) is 0 Å². The molecule has 12 N–H and O–H groups in total. The quantitative estimate of drug-likeness (QED) is 0.0638. The second kappa shape index (κ2) is 16.1. The summed E-state index contributed by atoms with van der Waals surface area (Å²) >= 11 is 0. The number of nitrogens with one attached hydrogen (secondary N) is 3. The first-order valence-corrected chi connectivity index (χ1v) is 12.6.